The zero-order chi connectivity index (χ0) is 14.1. The SMILES string of the molecule is C[C@@H]1CC[C@@H](c2cccn2C)N(C(=S)NC2CC2)CC1. The Kier molecular flexibility index (Phi) is 4.01. The van der Waals surface area contributed by atoms with Gasteiger partial charge in [0.2, 0.25) is 0 Å². The third-order valence-electron chi connectivity index (χ3n) is 4.66. The maximum atomic E-state index is 5.69. The van der Waals surface area contributed by atoms with E-state index >= 15 is 0 Å². The molecule has 1 saturated heterocycles. The Morgan fingerprint density at radius 3 is 2.70 bits per heavy atom. The van der Waals surface area contributed by atoms with Gasteiger partial charge in [0.15, 0.2) is 5.11 Å². The van der Waals surface area contributed by atoms with E-state index in [-0.39, 0.29) is 0 Å². The quantitative estimate of drug-likeness (QED) is 0.845. The van der Waals surface area contributed by atoms with Crippen LogP contribution >= 0.6 is 12.2 Å². The molecule has 2 fully saturated rings. The zero-order valence-corrected chi connectivity index (χ0v) is 13.3. The topological polar surface area (TPSA) is 20.2 Å². The first kappa shape index (κ1) is 13.9. The number of hydrogen-bond acceptors (Lipinski definition) is 1. The van der Waals surface area contributed by atoms with E-state index in [9.17, 15) is 0 Å². The lowest BCUT2D eigenvalue weighted by molar-refractivity contribution is 0.305. The van der Waals surface area contributed by atoms with Crippen LogP contribution in [0.15, 0.2) is 18.3 Å². The maximum Gasteiger partial charge on any atom is 0.169 e. The molecule has 2 aliphatic rings. The number of rotatable bonds is 2. The second-order valence-electron chi connectivity index (χ2n) is 6.45. The largest absolute Gasteiger partial charge is 0.360 e. The molecule has 1 aromatic heterocycles. The number of likely N-dealkylation sites (tertiary alicyclic amines) is 1. The molecular formula is C16H25N3S. The Balaban J connectivity index is 1.81. The molecule has 0 unspecified atom stereocenters. The minimum absolute atomic E-state index is 0.429. The van der Waals surface area contributed by atoms with E-state index in [2.05, 4.69) is 47.1 Å². The maximum absolute atomic E-state index is 5.69. The normalized spacial score (nSPS) is 27.2. The van der Waals surface area contributed by atoms with Crippen LogP contribution in [0.25, 0.3) is 0 Å². The first-order valence-corrected chi connectivity index (χ1v) is 8.24. The Bertz CT molecular complexity index is 478. The number of thiocarbonyl (C=S) groups is 1. The Morgan fingerprint density at radius 2 is 2.05 bits per heavy atom. The summed E-state index contributed by atoms with van der Waals surface area (Å²) in [4.78, 5) is 2.44. The van der Waals surface area contributed by atoms with Gasteiger partial charge in [-0.1, -0.05) is 6.92 Å². The first-order valence-electron chi connectivity index (χ1n) is 7.83. The van der Waals surface area contributed by atoms with Gasteiger partial charge in [0, 0.05) is 31.5 Å². The van der Waals surface area contributed by atoms with Crippen LogP contribution in [0.1, 0.15) is 50.8 Å². The standard InChI is InChI=1S/C16H25N3S/c1-12-5-8-15(14-4-3-10-18(14)2)19(11-9-12)16(20)17-13-6-7-13/h3-4,10,12-13,15H,5-9,11H2,1-2H3,(H,17,20)/t12-,15+/m1/s1. The van der Waals surface area contributed by atoms with Gasteiger partial charge in [-0.05, 0) is 62.4 Å². The number of nitrogens with one attached hydrogen (secondary N) is 1. The van der Waals surface area contributed by atoms with Crippen molar-refractivity contribution in [3.8, 4) is 0 Å². The third-order valence-corrected chi connectivity index (χ3v) is 5.02. The summed E-state index contributed by atoms with van der Waals surface area (Å²) in [6.45, 7) is 3.44. The van der Waals surface area contributed by atoms with Crippen LogP contribution in [-0.2, 0) is 7.05 Å². The lowest BCUT2D eigenvalue weighted by Gasteiger charge is -2.33. The molecule has 2 heterocycles. The molecule has 0 amide bonds. The van der Waals surface area contributed by atoms with Gasteiger partial charge in [-0.25, -0.2) is 0 Å². The van der Waals surface area contributed by atoms with E-state index in [0.717, 1.165) is 17.6 Å². The van der Waals surface area contributed by atoms with Crippen LogP contribution in [-0.4, -0.2) is 27.2 Å². The second-order valence-corrected chi connectivity index (χ2v) is 6.83. The molecule has 0 spiro atoms. The van der Waals surface area contributed by atoms with E-state index in [1.807, 2.05) is 0 Å². The van der Waals surface area contributed by atoms with Gasteiger partial charge in [0.25, 0.3) is 0 Å². The molecule has 0 bridgehead atoms. The molecule has 1 saturated carbocycles. The molecule has 20 heavy (non-hydrogen) atoms. The van der Waals surface area contributed by atoms with Gasteiger partial charge >= 0.3 is 0 Å². The molecular weight excluding hydrogens is 266 g/mol. The Morgan fingerprint density at radius 1 is 1.25 bits per heavy atom. The third kappa shape index (κ3) is 3.00. The van der Waals surface area contributed by atoms with Crippen LogP contribution < -0.4 is 5.32 Å². The molecule has 2 atom stereocenters. The Hall–Kier alpha value is -1.03. The molecule has 110 valence electrons. The summed E-state index contributed by atoms with van der Waals surface area (Å²) in [6, 6.07) is 5.45. The average Bonchev–Trinajstić information content (AvgIpc) is 3.16. The molecule has 1 N–H and O–H groups in total. The summed E-state index contributed by atoms with van der Waals surface area (Å²) in [5, 5.41) is 4.49. The molecule has 1 aliphatic carbocycles. The van der Waals surface area contributed by atoms with Crippen molar-refractivity contribution in [3.05, 3.63) is 24.0 Å². The van der Waals surface area contributed by atoms with Crippen LogP contribution in [0.4, 0.5) is 0 Å². The van der Waals surface area contributed by atoms with Crippen molar-refractivity contribution in [3.63, 3.8) is 0 Å². The molecule has 0 aromatic carbocycles. The second kappa shape index (κ2) is 5.76. The predicted molar refractivity (Wildman–Crippen MR) is 86.6 cm³/mol. The van der Waals surface area contributed by atoms with Crippen molar-refractivity contribution in [1.29, 1.82) is 0 Å². The molecule has 3 rings (SSSR count). The first-order chi connectivity index (χ1) is 9.65. The van der Waals surface area contributed by atoms with Crippen molar-refractivity contribution in [2.45, 2.75) is 51.1 Å². The summed E-state index contributed by atoms with van der Waals surface area (Å²) in [5.41, 5.74) is 1.39. The predicted octanol–water partition coefficient (Wildman–Crippen LogP) is 3.23. The molecule has 3 nitrogen and oxygen atoms in total. The minimum atomic E-state index is 0.429. The smallest absolute Gasteiger partial charge is 0.169 e. The van der Waals surface area contributed by atoms with E-state index in [0.29, 0.717) is 12.1 Å². The summed E-state index contributed by atoms with van der Waals surface area (Å²) < 4.78 is 2.24. The highest BCUT2D eigenvalue weighted by atomic mass is 32.1. The minimum Gasteiger partial charge on any atom is -0.360 e. The van der Waals surface area contributed by atoms with Gasteiger partial charge in [-0.2, -0.15) is 0 Å². The van der Waals surface area contributed by atoms with Crippen LogP contribution in [0.2, 0.25) is 0 Å². The van der Waals surface area contributed by atoms with E-state index in [1.54, 1.807) is 0 Å². The van der Waals surface area contributed by atoms with E-state index in [4.69, 9.17) is 12.2 Å². The van der Waals surface area contributed by atoms with Gasteiger partial charge in [0.05, 0.1) is 6.04 Å². The number of hydrogen-bond donors (Lipinski definition) is 1. The summed E-state index contributed by atoms with van der Waals surface area (Å²) in [6.07, 6.45) is 8.43. The fourth-order valence-electron chi connectivity index (χ4n) is 3.11. The Labute approximate surface area is 127 Å². The lowest BCUT2D eigenvalue weighted by Crippen LogP contribution is -2.43. The highest BCUT2D eigenvalue weighted by Crippen LogP contribution is 2.33. The van der Waals surface area contributed by atoms with E-state index < -0.39 is 0 Å². The summed E-state index contributed by atoms with van der Waals surface area (Å²) in [5.74, 6) is 0.798. The van der Waals surface area contributed by atoms with Gasteiger partial charge in [-0.3, -0.25) is 0 Å². The van der Waals surface area contributed by atoms with Crippen LogP contribution in [0.5, 0.6) is 0 Å². The molecule has 4 heteroatoms. The van der Waals surface area contributed by atoms with Gasteiger partial charge < -0.3 is 14.8 Å². The number of aromatic nitrogens is 1. The zero-order valence-electron chi connectivity index (χ0n) is 12.5. The summed E-state index contributed by atoms with van der Waals surface area (Å²) >= 11 is 5.69. The molecule has 1 aromatic rings. The molecule has 1 aliphatic heterocycles. The van der Waals surface area contributed by atoms with Crippen LogP contribution in [0, 0.1) is 5.92 Å². The monoisotopic (exact) mass is 291 g/mol. The number of nitrogens with zero attached hydrogens (tertiary/aromatic N) is 2. The lowest BCUT2D eigenvalue weighted by atomic mass is 10.0. The van der Waals surface area contributed by atoms with E-state index in [1.165, 1.54) is 37.8 Å². The molecule has 0 radical (unpaired) electrons. The van der Waals surface area contributed by atoms with Crippen LogP contribution in [0.3, 0.4) is 0 Å². The highest BCUT2D eigenvalue weighted by Gasteiger charge is 2.30. The highest BCUT2D eigenvalue weighted by molar-refractivity contribution is 7.80. The summed E-state index contributed by atoms with van der Waals surface area (Å²) in [7, 11) is 2.14. The average molecular weight is 291 g/mol. The van der Waals surface area contributed by atoms with Crippen molar-refractivity contribution in [1.82, 2.24) is 14.8 Å². The van der Waals surface area contributed by atoms with Gasteiger partial charge in [0.1, 0.15) is 0 Å². The van der Waals surface area contributed by atoms with Crippen molar-refractivity contribution in [2.24, 2.45) is 13.0 Å². The fourth-order valence-corrected chi connectivity index (χ4v) is 3.50. The van der Waals surface area contributed by atoms with Crippen molar-refractivity contribution < 1.29 is 0 Å². The number of aryl methyl sites for hydroxylation is 1. The fraction of sp³-hybridized carbons (Fsp3) is 0.688. The van der Waals surface area contributed by atoms with Gasteiger partial charge in [-0.15, -0.1) is 0 Å². The van der Waals surface area contributed by atoms with Crippen molar-refractivity contribution in [2.75, 3.05) is 6.54 Å². The van der Waals surface area contributed by atoms with Crippen molar-refractivity contribution >= 4 is 17.3 Å².